The van der Waals surface area contributed by atoms with Crippen LogP contribution in [0.15, 0.2) is 70.8 Å². The van der Waals surface area contributed by atoms with E-state index >= 15 is 0 Å². The Balaban J connectivity index is 1.84. The maximum Gasteiger partial charge on any atom is 0.331 e. The van der Waals surface area contributed by atoms with Crippen LogP contribution in [0.1, 0.15) is 16.1 Å². The van der Waals surface area contributed by atoms with Gasteiger partial charge < -0.3 is 4.74 Å². The number of rotatable bonds is 5. The molecule has 8 nitrogen and oxygen atoms in total. The first-order chi connectivity index (χ1) is 13.6. The summed E-state index contributed by atoms with van der Waals surface area (Å²) in [4.78, 5) is 41.9. The first-order valence-corrected chi connectivity index (χ1v) is 9.02. The van der Waals surface area contributed by atoms with Crippen LogP contribution in [0.25, 0.3) is 0 Å². The summed E-state index contributed by atoms with van der Waals surface area (Å²) in [5, 5.41) is 4.31. The number of amidine groups is 1. The van der Waals surface area contributed by atoms with Gasteiger partial charge in [0.1, 0.15) is 5.69 Å². The molecule has 1 fully saturated rings. The third-order valence-electron chi connectivity index (χ3n) is 3.67. The van der Waals surface area contributed by atoms with Crippen LogP contribution in [-0.2, 0) is 20.9 Å². The van der Waals surface area contributed by atoms with Crippen LogP contribution in [0, 0.1) is 0 Å². The number of carbonyl (C=O) groups excluding carboxylic acids is 3. The normalized spacial score (nSPS) is 16.5. The number of ether oxygens (including phenoxy) is 1. The summed E-state index contributed by atoms with van der Waals surface area (Å²) in [6.07, 6.45) is 2.60. The number of hydrogen-bond acceptors (Lipinski definition) is 7. The van der Waals surface area contributed by atoms with E-state index in [-0.39, 0.29) is 22.3 Å². The number of methoxy groups -OCH3 is 1. The Morgan fingerprint density at radius 3 is 2.64 bits per heavy atom. The lowest BCUT2D eigenvalue weighted by Crippen LogP contribution is -2.31. The van der Waals surface area contributed by atoms with Crippen LogP contribution in [0.4, 0.5) is 0 Å². The van der Waals surface area contributed by atoms with Crippen molar-refractivity contribution in [2.75, 3.05) is 7.11 Å². The highest BCUT2D eigenvalue weighted by molar-refractivity contribution is 8.18. The fraction of sp³-hybridized carbons (Fsp3) is 0.105. The van der Waals surface area contributed by atoms with Gasteiger partial charge >= 0.3 is 5.97 Å². The van der Waals surface area contributed by atoms with Crippen molar-refractivity contribution in [3.63, 3.8) is 0 Å². The minimum Gasteiger partial charge on any atom is -0.466 e. The van der Waals surface area contributed by atoms with Gasteiger partial charge in [-0.15, -0.1) is 5.10 Å². The lowest BCUT2D eigenvalue weighted by Gasteiger charge is -2.15. The van der Waals surface area contributed by atoms with Crippen molar-refractivity contribution >= 4 is 34.7 Å². The highest BCUT2D eigenvalue weighted by atomic mass is 32.2. The molecule has 2 aromatic rings. The molecule has 0 aliphatic carbocycles. The second-order valence-electron chi connectivity index (χ2n) is 5.56. The van der Waals surface area contributed by atoms with Crippen LogP contribution in [0.5, 0.6) is 0 Å². The minimum absolute atomic E-state index is 0.161. The van der Waals surface area contributed by atoms with Gasteiger partial charge in [0.2, 0.25) is 0 Å². The van der Waals surface area contributed by atoms with Crippen LogP contribution in [0.3, 0.4) is 0 Å². The summed E-state index contributed by atoms with van der Waals surface area (Å²) in [6.45, 7) is 0.240. The van der Waals surface area contributed by atoms with Crippen molar-refractivity contribution in [3.05, 3.63) is 77.0 Å². The van der Waals surface area contributed by atoms with Gasteiger partial charge in [-0.1, -0.05) is 36.4 Å². The number of aromatic nitrogens is 1. The quantitative estimate of drug-likeness (QED) is 0.471. The lowest BCUT2D eigenvalue weighted by atomic mass is 10.2. The Kier molecular flexibility index (Phi) is 6.18. The number of carbonyl (C=O) groups is 3. The lowest BCUT2D eigenvalue weighted by molar-refractivity contribution is -0.135. The molecule has 3 rings (SSSR count). The Bertz CT molecular complexity index is 945. The molecule has 0 atom stereocenters. The molecular weight excluding hydrogens is 380 g/mol. The maximum absolute atomic E-state index is 12.7. The van der Waals surface area contributed by atoms with E-state index in [0.29, 0.717) is 0 Å². The van der Waals surface area contributed by atoms with Crippen molar-refractivity contribution in [2.45, 2.75) is 6.54 Å². The molecule has 2 heterocycles. The Morgan fingerprint density at radius 2 is 1.96 bits per heavy atom. The fourth-order valence-electron chi connectivity index (χ4n) is 2.32. The molecule has 142 valence electrons. The molecule has 1 aromatic carbocycles. The molecule has 0 radical (unpaired) electrons. The molecule has 28 heavy (non-hydrogen) atoms. The van der Waals surface area contributed by atoms with Gasteiger partial charge in [-0.25, -0.2) is 10.2 Å². The molecular formula is C19H16N4O4S. The molecule has 1 aliphatic rings. The SMILES string of the molecule is COC(=O)/C=C1\S/C(=N\NC(=O)c2ccccn2)N(Cc2ccccc2)C1=O. The summed E-state index contributed by atoms with van der Waals surface area (Å²) in [5.41, 5.74) is 3.46. The first kappa shape index (κ1) is 19.3. The summed E-state index contributed by atoms with van der Waals surface area (Å²) in [6, 6.07) is 14.2. The Labute approximate surface area is 165 Å². The van der Waals surface area contributed by atoms with E-state index in [2.05, 4.69) is 20.2 Å². The predicted molar refractivity (Wildman–Crippen MR) is 104 cm³/mol. The molecule has 0 bridgehead atoms. The van der Waals surface area contributed by atoms with E-state index in [9.17, 15) is 14.4 Å². The zero-order chi connectivity index (χ0) is 19.9. The van der Waals surface area contributed by atoms with Gasteiger partial charge in [0.15, 0.2) is 5.17 Å². The van der Waals surface area contributed by atoms with E-state index in [1.165, 1.54) is 18.2 Å². The maximum atomic E-state index is 12.7. The number of hydrogen-bond donors (Lipinski definition) is 1. The smallest absolute Gasteiger partial charge is 0.331 e. The van der Waals surface area contributed by atoms with Gasteiger partial charge in [0, 0.05) is 12.3 Å². The summed E-state index contributed by atoms with van der Waals surface area (Å²) in [5.74, 6) is -1.55. The fourth-order valence-corrected chi connectivity index (χ4v) is 3.21. The average Bonchev–Trinajstić information content (AvgIpc) is 3.02. The van der Waals surface area contributed by atoms with Crippen LogP contribution < -0.4 is 5.43 Å². The first-order valence-electron chi connectivity index (χ1n) is 8.21. The van der Waals surface area contributed by atoms with Crippen LogP contribution in [-0.4, -0.2) is 39.9 Å². The molecule has 0 spiro atoms. The summed E-state index contributed by atoms with van der Waals surface area (Å²) in [7, 11) is 1.23. The molecule has 2 amide bonds. The second-order valence-corrected chi connectivity index (χ2v) is 6.57. The standard InChI is InChI=1S/C19H16N4O4S/c1-27-16(24)11-15-18(26)23(12-13-7-3-2-4-8-13)19(28-15)22-21-17(25)14-9-5-6-10-20-14/h2-11H,12H2,1H3,(H,21,25)/b15-11-,22-19-. The van der Waals surface area contributed by atoms with Crippen molar-refractivity contribution in [1.82, 2.24) is 15.3 Å². The number of benzene rings is 1. The number of nitrogens with one attached hydrogen (secondary N) is 1. The molecule has 0 saturated carbocycles. The number of hydrazone groups is 1. The zero-order valence-electron chi connectivity index (χ0n) is 14.9. The van der Waals surface area contributed by atoms with Crippen molar-refractivity contribution < 1.29 is 19.1 Å². The van der Waals surface area contributed by atoms with Gasteiger partial charge in [0.05, 0.1) is 18.6 Å². The van der Waals surface area contributed by atoms with Crippen LogP contribution >= 0.6 is 11.8 Å². The minimum atomic E-state index is -0.644. The number of esters is 1. The van der Waals surface area contributed by atoms with E-state index in [0.717, 1.165) is 23.4 Å². The second kappa shape index (κ2) is 8.96. The molecule has 9 heteroatoms. The molecule has 0 unspecified atom stereocenters. The van der Waals surface area contributed by atoms with Crippen LogP contribution in [0.2, 0.25) is 0 Å². The topological polar surface area (TPSA) is 101 Å². The van der Waals surface area contributed by atoms with Gasteiger partial charge in [-0.2, -0.15) is 0 Å². The van der Waals surface area contributed by atoms with Crippen molar-refractivity contribution in [1.29, 1.82) is 0 Å². The van der Waals surface area contributed by atoms with Gasteiger partial charge in [-0.3, -0.25) is 19.5 Å². The number of pyridine rings is 1. The monoisotopic (exact) mass is 396 g/mol. The van der Waals surface area contributed by atoms with Crippen molar-refractivity contribution in [2.24, 2.45) is 5.10 Å². The van der Waals surface area contributed by atoms with Crippen molar-refractivity contribution in [3.8, 4) is 0 Å². The molecule has 1 N–H and O–H groups in total. The highest BCUT2D eigenvalue weighted by Gasteiger charge is 2.34. The average molecular weight is 396 g/mol. The Hall–Kier alpha value is -3.46. The Morgan fingerprint density at radius 1 is 1.21 bits per heavy atom. The van der Waals surface area contributed by atoms with Gasteiger partial charge in [0.25, 0.3) is 11.8 Å². The highest BCUT2D eigenvalue weighted by Crippen LogP contribution is 2.31. The molecule has 1 aromatic heterocycles. The number of nitrogens with zero attached hydrogens (tertiary/aromatic N) is 3. The third-order valence-corrected chi connectivity index (χ3v) is 4.68. The number of amides is 2. The summed E-state index contributed by atoms with van der Waals surface area (Å²) < 4.78 is 4.59. The largest absolute Gasteiger partial charge is 0.466 e. The molecule has 1 saturated heterocycles. The van der Waals surface area contributed by atoms with Gasteiger partial charge in [-0.05, 0) is 29.5 Å². The van der Waals surface area contributed by atoms with E-state index in [1.54, 1.807) is 18.2 Å². The summed E-state index contributed by atoms with van der Waals surface area (Å²) >= 11 is 0.979. The third kappa shape index (κ3) is 4.63. The van der Waals surface area contributed by atoms with E-state index in [4.69, 9.17) is 0 Å². The van der Waals surface area contributed by atoms with E-state index < -0.39 is 17.8 Å². The zero-order valence-corrected chi connectivity index (χ0v) is 15.7. The molecule has 1 aliphatic heterocycles. The van der Waals surface area contributed by atoms with E-state index in [1.807, 2.05) is 30.3 Å². The number of thioether (sulfide) groups is 1. The predicted octanol–water partition coefficient (Wildman–Crippen LogP) is 1.91.